The molecule has 1 aliphatic heterocycles. The summed E-state index contributed by atoms with van der Waals surface area (Å²) in [4.78, 5) is 27.5. The molecule has 0 bridgehead atoms. The highest BCUT2D eigenvalue weighted by Gasteiger charge is 2.19. The van der Waals surface area contributed by atoms with Gasteiger partial charge in [0.25, 0.3) is 0 Å². The molecule has 6 nitrogen and oxygen atoms in total. The van der Waals surface area contributed by atoms with Crippen LogP contribution in [0.3, 0.4) is 0 Å². The summed E-state index contributed by atoms with van der Waals surface area (Å²) in [5.41, 5.74) is 5.37. The van der Waals surface area contributed by atoms with E-state index in [9.17, 15) is 9.59 Å². The van der Waals surface area contributed by atoms with Crippen molar-refractivity contribution in [2.24, 2.45) is 11.7 Å². The Kier molecular flexibility index (Phi) is 10.3. The normalized spacial score (nSPS) is 19.1. The lowest BCUT2D eigenvalue weighted by Gasteiger charge is -2.29. The van der Waals surface area contributed by atoms with E-state index in [1.54, 1.807) is 0 Å². The van der Waals surface area contributed by atoms with Crippen LogP contribution < -0.4 is 11.1 Å². The van der Waals surface area contributed by atoms with Gasteiger partial charge in [0.2, 0.25) is 11.8 Å². The summed E-state index contributed by atoms with van der Waals surface area (Å²) in [5, 5.41) is 3.25. The summed E-state index contributed by atoms with van der Waals surface area (Å²) in [6, 6.07) is 0. The molecule has 1 aliphatic carbocycles. The number of piperazine rings is 1. The van der Waals surface area contributed by atoms with Crippen LogP contribution >= 0.6 is 12.4 Å². The molecule has 0 aromatic rings. The zero-order chi connectivity index (χ0) is 16.5. The number of hydrogen-bond acceptors (Lipinski definition) is 4. The summed E-state index contributed by atoms with van der Waals surface area (Å²) in [6.07, 6.45) is 8.26. The van der Waals surface area contributed by atoms with Gasteiger partial charge in [-0.15, -0.1) is 12.4 Å². The van der Waals surface area contributed by atoms with Gasteiger partial charge in [-0.05, 0) is 18.9 Å². The van der Waals surface area contributed by atoms with Gasteiger partial charge in [-0.1, -0.05) is 32.1 Å². The molecule has 0 aromatic carbocycles. The van der Waals surface area contributed by atoms with Gasteiger partial charge in [-0.2, -0.15) is 0 Å². The third kappa shape index (κ3) is 7.81. The molecule has 7 heteroatoms. The van der Waals surface area contributed by atoms with Gasteiger partial charge in [-0.3, -0.25) is 14.5 Å². The SMILES string of the molecule is Cl.NC(=O)CN(CCC(=O)N1CCNCC1)CCC1CCCCC1. The average molecular weight is 361 g/mol. The Bertz CT molecular complexity index is 383. The van der Waals surface area contributed by atoms with Crippen molar-refractivity contribution in [3.8, 4) is 0 Å². The standard InChI is InChI=1S/C17H32N4O2.ClH/c18-16(22)14-20(10-6-15-4-2-1-3-5-15)11-7-17(23)21-12-8-19-9-13-21;/h15,19H,1-14H2,(H2,18,22);1H. The van der Waals surface area contributed by atoms with Crippen molar-refractivity contribution >= 4 is 24.2 Å². The predicted octanol–water partition coefficient (Wildman–Crippen LogP) is 0.988. The molecule has 0 atom stereocenters. The first-order valence-electron chi connectivity index (χ1n) is 9.14. The van der Waals surface area contributed by atoms with Crippen molar-refractivity contribution in [1.29, 1.82) is 0 Å². The zero-order valence-corrected chi connectivity index (χ0v) is 15.5. The molecule has 2 fully saturated rings. The molecule has 1 saturated heterocycles. The summed E-state index contributed by atoms with van der Waals surface area (Å²) in [7, 11) is 0. The van der Waals surface area contributed by atoms with Crippen LogP contribution in [-0.4, -0.2) is 67.4 Å². The van der Waals surface area contributed by atoms with E-state index in [0.717, 1.165) is 45.1 Å². The maximum atomic E-state index is 12.2. The Hall–Kier alpha value is -0.850. The van der Waals surface area contributed by atoms with Crippen LogP contribution in [0.1, 0.15) is 44.9 Å². The topological polar surface area (TPSA) is 78.7 Å². The van der Waals surface area contributed by atoms with E-state index in [2.05, 4.69) is 10.2 Å². The van der Waals surface area contributed by atoms with E-state index in [-0.39, 0.29) is 30.8 Å². The number of nitrogens with two attached hydrogens (primary N) is 1. The highest BCUT2D eigenvalue weighted by Crippen LogP contribution is 2.26. The fourth-order valence-electron chi connectivity index (χ4n) is 3.66. The molecule has 1 saturated carbocycles. The largest absolute Gasteiger partial charge is 0.369 e. The molecule has 2 rings (SSSR count). The minimum absolute atomic E-state index is 0. The minimum atomic E-state index is -0.303. The van der Waals surface area contributed by atoms with Gasteiger partial charge in [0.1, 0.15) is 0 Å². The van der Waals surface area contributed by atoms with Gasteiger partial charge in [-0.25, -0.2) is 0 Å². The summed E-state index contributed by atoms with van der Waals surface area (Å²) < 4.78 is 0. The van der Waals surface area contributed by atoms with Crippen LogP contribution in [0.25, 0.3) is 0 Å². The molecule has 2 aliphatic rings. The first-order chi connectivity index (χ1) is 11.1. The van der Waals surface area contributed by atoms with E-state index in [4.69, 9.17) is 5.73 Å². The monoisotopic (exact) mass is 360 g/mol. The zero-order valence-electron chi connectivity index (χ0n) is 14.7. The number of carbonyl (C=O) groups is 2. The Morgan fingerprint density at radius 3 is 2.38 bits per heavy atom. The van der Waals surface area contributed by atoms with Gasteiger partial charge in [0, 0.05) is 39.1 Å². The number of halogens is 1. The smallest absolute Gasteiger partial charge is 0.231 e. The highest BCUT2D eigenvalue weighted by molar-refractivity contribution is 5.85. The van der Waals surface area contributed by atoms with Crippen LogP contribution in [0.2, 0.25) is 0 Å². The molecule has 3 N–H and O–H groups in total. The fraction of sp³-hybridized carbons (Fsp3) is 0.882. The lowest BCUT2D eigenvalue weighted by molar-refractivity contribution is -0.132. The number of carbonyl (C=O) groups excluding carboxylic acids is 2. The average Bonchev–Trinajstić information content (AvgIpc) is 2.58. The van der Waals surface area contributed by atoms with E-state index in [0.29, 0.717) is 13.0 Å². The second-order valence-corrected chi connectivity index (χ2v) is 6.92. The Morgan fingerprint density at radius 1 is 1.08 bits per heavy atom. The Morgan fingerprint density at radius 2 is 1.75 bits per heavy atom. The first-order valence-corrected chi connectivity index (χ1v) is 9.14. The van der Waals surface area contributed by atoms with Gasteiger partial charge in [0.05, 0.1) is 6.54 Å². The minimum Gasteiger partial charge on any atom is -0.369 e. The Labute approximate surface area is 151 Å². The van der Waals surface area contributed by atoms with Crippen molar-refractivity contribution in [3.63, 3.8) is 0 Å². The lowest BCUT2D eigenvalue weighted by atomic mass is 9.87. The number of hydrogen-bond donors (Lipinski definition) is 2. The van der Waals surface area contributed by atoms with Crippen molar-refractivity contribution in [2.75, 3.05) is 45.8 Å². The number of rotatable bonds is 8. The van der Waals surface area contributed by atoms with Crippen molar-refractivity contribution < 1.29 is 9.59 Å². The van der Waals surface area contributed by atoms with E-state index in [1.165, 1.54) is 32.1 Å². The maximum absolute atomic E-state index is 12.2. The molecular formula is C17H33ClN4O2. The van der Waals surface area contributed by atoms with Crippen LogP contribution in [0.5, 0.6) is 0 Å². The second-order valence-electron chi connectivity index (χ2n) is 6.92. The summed E-state index contributed by atoms with van der Waals surface area (Å²) in [6.45, 7) is 5.10. The maximum Gasteiger partial charge on any atom is 0.231 e. The Balaban J connectivity index is 0.00000288. The van der Waals surface area contributed by atoms with Crippen molar-refractivity contribution in [3.05, 3.63) is 0 Å². The number of primary amides is 1. The van der Waals surface area contributed by atoms with Gasteiger partial charge in [0.15, 0.2) is 0 Å². The summed E-state index contributed by atoms with van der Waals surface area (Å²) in [5.74, 6) is 0.671. The molecule has 0 spiro atoms. The molecule has 0 radical (unpaired) electrons. The van der Waals surface area contributed by atoms with Crippen molar-refractivity contribution in [2.45, 2.75) is 44.9 Å². The van der Waals surface area contributed by atoms with E-state index >= 15 is 0 Å². The lowest BCUT2D eigenvalue weighted by Crippen LogP contribution is -2.47. The van der Waals surface area contributed by atoms with E-state index < -0.39 is 0 Å². The van der Waals surface area contributed by atoms with Crippen molar-refractivity contribution in [1.82, 2.24) is 15.1 Å². The van der Waals surface area contributed by atoms with Crippen LogP contribution in [0.15, 0.2) is 0 Å². The quantitative estimate of drug-likeness (QED) is 0.676. The van der Waals surface area contributed by atoms with E-state index in [1.807, 2.05) is 4.90 Å². The third-order valence-corrected chi connectivity index (χ3v) is 5.07. The molecule has 0 aromatic heterocycles. The predicted molar refractivity (Wildman–Crippen MR) is 98.1 cm³/mol. The molecule has 2 amide bonds. The number of amides is 2. The fourth-order valence-corrected chi connectivity index (χ4v) is 3.66. The summed E-state index contributed by atoms with van der Waals surface area (Å²) >= 11 is 0. The molecular weight excluding hydrogens is 328 g/mol. The van der Waals surface area contributed by atoms with Gasteiger partial charge < -0.3 is 16.0 Å². The molecule has 140 valence electrons. The van der Waals surface area contributed by atoms with Crippen LogP contribution in [-0.2, 0) is 9.59 Å². The van der Waals surface area contributed by atoms with Gasteiger partial charge >= 0.3 is 0 Å². The first kappa shape index (κ1) is 21.2. The highest BCUT2D eigenvalue weighted by atomic mass is 35.5. The second kappa shape index (κ2) is 11.7. The number of nitrogens with zero attached hydrogens (tertiary/aromatic N) is 2. The number of nitrogens with one attached hydrogen (secondary N) is 1. The third-order valence-electron chi connectivity index (χ3n) is 5.07. The molecule has 1 heterocycles. The molecule has 24 heavy (non-hydrogen) atoms. The van der Waals surface area contributed by atoms with Crippen LogP contribution in [0.4, 0.5) is 0 Å². The van der Waals surface area contributed by atoms with Crippen LogP contribution in [0, 0.1) is 5.92 Å². The molecule has 0 unspecified atom stereocenters.